The summed E-state index contributed by atoms with van der Waals surface area (Å²) >= 11 is 6.13. The van der Waals surface area contributed by atoms with Crippen LogP contribution in [0.4, 0.5) is 4.39 Å². The molecule has 1 N–H and O–H groups in total. The lowest BCUT2D eigenvalue weighted by Gasteiger charge is -2.28. The van der Waals surface area contributed by atoms with Crippen LogP contribution in [0, 0.1) is 17.1 Å². The van der Waals surface area contributed by atoms with E-state index in [-0.39, 0.29) is 17.4 Å². The lowest BCUT2D eigenvalue weighted by molar-refractivity contribution is -0.129. The highest BCUT2D eigenvalue weighted by atomic mass is 35.5. The van der Waals surface area contributed by atoms with Crippen LogP contribution in [0.3, 0.4) is 0 Å². The van der Waals surface area contributed by atoms with Gasteiger partial charge in [-0.15, -0.1) is 0 Å². The summed E-state index contributed by atoms with van der Waals surface area (Å²) in [7, 11) is 0. The van der Waals surface area contributed by atoms with Gasteiger partial charge in [-0.1, -0.05) is 23.7 Å². The average molecular weight is 451 g/mol. The fourth-order valence-electron chi connectivity index (χ4n) is 4.84. The van der Waals surface area contributed by atoms with Crippen LogP contribution >= 0.6 is 11.6 Å². The number of fused-ring (bicyclic) bond motifs is 2. The Morgan fingerprint density at radius 3 is 2.88 bits per heavy atom. The zero-order valence-corrected chi connectivity index (χ0v) is 18.1. The van der Waals surface area contributed by atoms with Crippen LogP contribution in [-0.2, 0) is 24.2 Å². The van der Waals surface area contributed by atoms with Crippen LogP contribution in [0.2, 0.25) is 5.02 Å². The first-order valence-corrected chi connectivity index (χ1v) is 10.8. The first-order chi connectivity index (χ1) is 15.4. The molecule has 1 aliphatic carbocycles. The molecule has 2 aromatic carbocycles. The number of aromatic nitrogens is 2. The first kappa shape index (κ1) is 20.7. The average Bonchev–Trinajstić information content (AvgIpc) is 3.30. The van der Waals surface area contributed by atoms with Gasteiger partial charge in [-0.2, -0.15) is 10.4 Å². The molecule has 2 aliphatic rings. The van der Waals surface area contributed by atoms with Gasteiger partial charge in [0.2, 0.25) is 5.91 Å². The minimum absolute atomic E-state index is 0.0276. The molecule has 0 spiro atoms. The Labute approximate surface area is 189 Å². The van der Waals surface area contributed by atoms with Crippen molar-refractivity contribution in [2.45, 2.75) is 38.5 Å². The van der Waals surface area contributed by atoms with E-state index in [2.05, 4.69) is 6.07 Å². The van der Waals surface area contributed by atoms with Gasteiger partial charge in [-0.25, -0.2) is 4.39 Å². The van der Waals surface area contributed by atoms with Crippen LogP contribution in [-0.4, -0.2) is 38.3 Å². The molecule has 2 atom stereocenters. The van der Waals surface area contributed by atoms with Crippen molar-refractivity contribution in [2.75, 3.05) is 6.54 Å². The fraction of sp³-hybridized carbons (Fsp3) is 0.292. The molecule has 5 rings (SSSR count). The Hall–Kier alpha value is -3.21. The van der Waals surface area contributed by atoms with Gasteiger partial charge in [0, 0.05) is 54.7 Å². The number of aliphatic hydroxyl groups excluding tert-OH is 1. The highest BCUT2D eigenvalue weighted by molar-refractivity contribution is 6.30. The molecule has 1 aliphatic heterocycles. The van der Waals surface area contributed by atoms with Crippen molar-refractivity contribution in [2.24, 2.45) is 0 Å². The summed E-state index contributed by atoms with van der Waals surface area (Å²) in [6.45, 7) is 2.45. The molecule has 2 heterocycles. The van der Waals surface area contributed by atoms with Crippen LogP contribution in [0.5, 0.6) is 0 Å². The number of hydrogen-bond donors (Lipinski definition) is 1. The molecule has 0 bridgehead atoms. The Morgan fingerprint density at radius 1 is 1.31 bits per heavy atom. The van der Waals surface area contributed by atoms with E-state index in [9.17, 15) is 19.6 Å². The van der Waals surface area contributed by atoms with Gasteiger partial charge >= 0.3 is 0 Å². The molecule has 0 radical (unpaired) electrons. The van der Waals surface area contributed by atoms with E-state index in [1.54, 1.807) is 33.8 Å². The quantitative estimate of drug-likeness (QED) is 0.646. The summed E-state index contributed by atoms with van der Waals surface area (Å²) in [5, 5.41) is 25.4. The van der Waals surface area contributed by atoms with Crippen molar-refractivity contribution in [1.29, 1.82) is 5.26 Å². The number of hydrogen-bond acceptors (Lipinski definition) is 4. The standard InChI is InChI=1S/C24H20ClFN4O2/c1-13(31)29-6-5-21-19(12-29)23(15-4-2-3-14(7-15)11-27)28-30(21)24-18-8-16(25)9-20(26)17(18)10-22(24)32/h2-4,7-9,22,24,32H,5-6,10,12H2,1H3/t22-,24+/m0/s1. The van der Waals surface area contributed by atoms with Gasteiger partial charge in [0.15, 0.2) is 0 Å². The molecule has 3 aromatic rings. The number of carbonyl (C=O) groups excluding carboxylic acids is 1. The third-order valence-corrected chi connectivity index (χ3v) is 6.57. The second-order valence-corrected chi connectivity index (χ2v) is 8.71. The van der Waals surface area contributed by atoms with Gasteiger partial charge in [0.1, 0.15) is 11.9 Å². The van der Waals surface area contributed by atoms with E-state index in [4.69, 9.17) is 16.7 Å². The molecule has 6 nitrogen and oxygen atoms in total. The fourth-order valence-corrected chi connectivity index (χ4v) is 5.05. The summed E-state index contributed by atoms with van der Waals surface area (Å²) in [5.41, 5.74) is 4.78. The Balaban J connectivity index is 1.70. The van der Waals surface area contributed by atoms with Crippen LogP contribution in [0.15, 0.2) is 36.4 Å². The van der Waals surface area contributed by atoms with Gasteiger partial charge in [-0.05, 0) is 35.4 Å². The zero-order valence-electron chi connectivity index (χ0n) is 17.3. The molecule has 162 valence electrons. The van der Waals surface area contributed by atoms with Crippen molar-refractivity contribution >= 4 is 17.5 Å². The summed E-state index contributed by atoms with van der Waals surface area (Å²) < 4.78 is 16.3. The number of benzene rings is 2. The number of nitriles is 1. The van der Waals surface area contributed by atoms with Gasteiger partial charge in [-0.3, -0.25) is 9.48 Å². The van der Waals surface area contributed by atoms with Gasteiger partial charge in [0.05, 0.1) is 23.4 Å². The molecule has 1 aromatic heterocycles. The van der Waals surface area contributed by atoms with Crippen LogP contribution in [0.25, 0.3) is 11.3 Å². The van der Waals surface area contributed by atoms with E-state index in [0.717, 1.165) is 16.8 Å². The number of nitrogens with zero attached hydrogens (tertiary/aromatic N) is 4. The maximum absolute atomic E-state index is 14.5. The van der Waals surface area contributed by atoms with E-state index in [1.165, 1.54) is 13.0 Å². The Kier molecular flexibility index (Phi) is 5.00. The van der Waals surface area contributed by atoms with E-state index < -0.39 is 18.0 Å². The van der Waals surface area contributed by atoms with E-state index in [1.807, 2.05) is 6.07 Å². The number of carbonyl (C=O) groups is 1. The summed E-state index contributed by atoms with van der Waals surface area (Å²) in [6, 6.07) is 11.7. The first-order valence-electron chi connectivity index (χ1n) is 10.4. The summed E-state index contributed by atoms with van der Waals surface area (Å²) in [4.78, 5) is 13.8. The predicted octanol–water partition coefficient (Wildman–Crippen LogP) is 3.63. The zero-order chi connectivity index (χ0) is 22.6. The molecule has 0 fully saturated rings. The van der Waals surface area contributed by atoms with E-state index >= 15 is 0 Å². The van der Waals surface area contributed by atoms with Crippen molar-refractivity contribution < 1.29 is 14.3 Å². The molecule has 8 heteroatoms. The summed E-state index contributed by atoms with van der Waals surface area (Å²) in [5.74, 6) is -0.458. The number of amides is 1. The lowest BCUT2D eigenvalue weighted by Crippen LogP contribution is -2.35. The normalized spacial score (nSPS) is 19.4. The maximum Gasteiger partial charge on any atom is 0.219 e. The largest absolute Gasteiger partial charge is 0.390 e. The monoisotopic (exact) mass is 450 g/mol. The van der Waals surface area contributed by atoms with Gasteiger partial charge < -0.3 is 10.0 Å². The predicted molar refractivity (Wildman–Crippen MR) is 116 cm³/mol. The topological polar surface area (TPSA) is 82.2 Å². The molecule has 1 amide bonds. The number of rotatable bonds is 2. The smallest absolute Gasteiger partial charge is 0.219 e. The molecular formula is C24H20ClFN4O2. The highest BCUT2D eigenvalue weighted by Crippen LogP contribution is 2.41. The second kappa shape index (κ2) is 7.73. The maximum atomic E-state index is 14.5. The number of halogens is 2. The highest BCUT2D eigenvalue weighted by Gasteiger charge is 2.39. The Bertz CT molecular complexity index is 1300. The van der Waals surface area contributed by atoms with Crippen molar-refractivity contribution in [3.8, 4) is 17.3 Å². The molecule has 0 saturated heterocycles. The second-order valence-electron chi connectivity index (χ2n) is 8.27. The van der Waals surface area contributed by atoms with Crippen molar-refractivity contribution in [3.05, 3.63) is 75.2 Å². The minimum Gasteiger partial charge on any atom is -0.390 e. The minimum atomic E-state index is -0.855. The molecule has 0 saturated carbocycles. The lowest BCUT2D eigenvalue weighted by atomic mass is 9.99. The van der Waals surface area contributed by atoms with Crippen molar-refractivity contribution in [3.63, 3.8) is 0 Å². The molecular weight excluding hydrogens is 431 g/mol. The van der Waals surface area contributed by atoms with Crippen LogP contribution < -0.4 is 0 Å². The third-order valence-electron chi connectivity index (χ3n) is 6.35. The Morgan fingerprint density at radius 2 is 2.12 bits per heavy atom. The SMILES string of the molecule is CC(=O)N1CCc2c(c(-c3cccc(C#N)c3)nn2[C@@H]2c3cc(Cl)cc(F)c3C[C@@H]2O)C1. The summed E-state index contributed by atoms with van der Waals surface area (Å²) in [6.07, 6.45) is -0.121. The third kappa shape index (κ3) is 3.27. The number of aliphatic hydroxyl groups is 1. The van der Waals surface area contributed by atoms with E-state index in [0.29, 0.717) is 41.9 Å². The van der Waals surface area contributed by atoms with Crippen LogP contribution in [0.1, 0.15) is 40.9 Å². The molecule has 32 heavy (non-hydrogen) atoms. The van der Waals surface area contributed by atoms with Gasteiger partial charge in [0.25, 0.3) is 0 Å². The van der Waals surface area contributed by atoms with Crippen molar-refractivity contribution in [1.82, 2.24) is 14.7 Å². The molecule has 0 unspecified atom stereocenters.